The summed E-state index contributed by atoms with van der Waals surface area (Å²) in [6.45, 7) is 2.37. The highest BCUT2D eigenvalue weighted by atomic mass is 35.5. The van der Waals surface area contributed by atoms with Crippen LogP contribution in [-0.4, -0.2) is 68.4 Å². The first-order valence-corrected chi connectivity index (χ1v) is 14.4. The minimum absolute atomic E-state index is 0.0458. The van der Waals surface area contributed by atoms with Gasteiger partial charge in [0.1, 0.15) is 0 Å². The van der Waals surface area contributed by atoms with E-state index in [1.807, 2.05) is 30.1 Å². The van der Waals surface area contributed by atoms with E-state index in [1.165, 1.54) is 32.1 Å². The van der Waals surface area contributed by atoms with E-state index < -0.39 is 5.60 Å². The Morgan fingerprint density at radius 2 is 1.95 bits per heavy atom. The van der Waals surface area contributed by atoms with Crippen molar-refractivity contribution in [1.29, 1.82) is 0 Å². The maximum atomic E-state index is 13.4. The predicted octanol–water partition coefficient (Wildman–Crippen LogP) is 4.22. The molecule has 2 aliphatic rings. The van der Waals surface area contributed by atoms with E-state index in [2.05, 4.69) is 21.3 Å². The molecule has 1 saturated carbocycles. The Hall–Kier alpha value is -2.03. The van der Waals surface area contributed by atoms with Crippen molar-refractivity contribution in [3.63, 3.8) is 0 Å². The number of nitrogens with zero attached hydrogens (tertiary/aromatic N) is 1. The molecule has 3 rings (SSSR count). The fourth-order valence-electron chi connectivity index (χ4n) is 6.07. The van der Waals surface area contributed by atoms with E-state index in [-0.39, 0.29) is 24.0 Å². The van der Waals surface area contributed by atoms with E-state index in [9.17, 15) is 14.7 Å². The molecule has 3 atom stereocenters. The molecule has 5 N–H and O–H groups in total. The first-order valence-electron chi connectivity index (χ1n) is 14.0. The average molecular weight is 536 g/mol. The number of hydrogen-bond acceptors (Lipinski definition) is 4. The Labute approximate surface area is 227 Å². The quantitative estimate of drug-likeness (QED) is 0.274. The van der Waals surface area contributed by atoms with Crippen LogP contribution in [0.2, 0.25) is 5.02 Å². The molecule has 1 heterocycles. The summed E-state index contributed by atoms with van der Waals surface area (Å²) >= 11 is 6.30. The number of amides is 4. The summed E-state index contributed by atoms with van der Waals surface area (Å²) in [5.74, 6) is 0.546. The number of urea groups is 2. The molecule has 2 fully saturated rings. The van der Waals surface area contributed by atoms with Gasteiger partial charge in [0.15, 0.2) is 0 Å². The molecule has 0 radical (unpaired) electrons. The van der Waals surface area contributed by atoms with Crippen LogP contribution in [0.25, 0.3) is 0 Å². The van der Waals surface area contributed by atoms with Gasteiger partial charge in [-0.15, -0.1) is 0 Å². The maximum absolute atomic E-state index is 13.4. The molecule has 1 aliphatic heterocycles. The molecular formula is C28H46ClN5O3. The van der Waals surface area contributed by atoms with Crippen LogP contribution in [0.4, 0.5) is 9.59 Å². The number of halogens is 1. The number of piperidine rings is 1. The normalized spacial score (nSPS) is 21.1. The second kappa shape index (κ2) is 14.8. The third-order valence-corrected chi connectivity index (χ3v) is 8.31. The Bertz CT molecular complexity index is 866. The van der Waals surface area contributed by atoms with Crippen LogP contribution < -0.4 is 21.3 Å². The number of hydrogen-bond donors (Lipinski definition) is 5. The molecule has 8 nitrogen and oxygen atoms in total. The van der Waals surface area contributed by atoms with Crippen LogP contribution in [-0.2, 0) is 5.60 Å². The summed E-state index contributed by atoms with van der Waals surface area (Å²) in [5, 5.41) is 24.5. The topological polar surface area (TPSA) is 106 Å². The largest absolute Gasteiger partial charge is 0.385 e. The smallest absolute Gasteiger partial charge is 0.317 e. The molecule has 0 spiro atoms. The van der Waals surface area contributed by atoms with Crippen molar-refractivity contribution in [1.82, 2.24) is 26.2 Å². The van der Waals surface area contributed by atoms with Crippen LogP contribution in [0, 0.1) is 11.8 Å². The number of carbonyl (C=O) groups is 2. The number of rotatable bonds is 11. The Morgan fingerprint density at radius 1 is 1.16 bits per heavy atom. The number of carbonyl (C=O) groups excluding carboxylic acids is 2. The van der Waals surface area contributed by atoms with Gasteiger partial charge in [0.2, 0.25) is 0 Å². The number of likely N-dealkylation sites (N-methyl/N-ethyl adjacent to an activating group) is 1. The average Bonchev–Trinajstić information content (AvgIpc) is 2.91. The van der Waals surface area contributed by atoms with Gasteiger partial charge in [-0.1, -0.05) is 55.8 Å². The van der Waals surface area contributed by atoms with Gasteiger partial charge in [0.05, 0.1) is 5.60 Å². The summed E-state index contributed by atoms with van der Waals surface area (Å²) in [6, 6.07) is 7.19. The van der Waals surface area contributed by atoms with E-state index in [0.717, 1.165) is 31.4 Å². The second-order valence-corrected chi connectivity index (χ2v) is 11.2. The second-order valence-electron chi connectivity index (χ2n) is 10.8. The summed E-state index contributed by atoms with van der Waals surface area (Å²) in [6.07, 6.45) is 10.1. The van der Waals surface area contributed by atoms with Gasteiger partial charge in [0, 0.05) is 50.2 Å². The standard InChI is InChI=1S/C28H46ClN5O3/c1-30-19-25(17-21-9-4-3-5-10-21)33-27(36)34-16-7-12-23(20-34)28(37,14-8-15-32-26(35)31-2)22-11-6-13-24(29)18-22/h6,11,13,18,21,23,25,30,37H,3-5,7-10,12,14-17,19-20H2,1-2H3,(H,33,36)(H2,31,32,35)/t23-,25+,28-/m1/s1. The highest BCUT2D eigenvalue weighted by Crippen LogP contribution is 2.40. The van der Waals surface area contributed by atoms with E-state index in [1.54, 1.807) is 13.1 Å². The van der Waals surface area contributed by atoms with Crippen LogP contribution >= 0.6 is 11.6 Å². The molecule has 37 heavy (non-hydrogen) atoms. The van der Waals surface area contributed by atoms with Gasteiger partial charge in [0.25, 0.3) is 0 Å². The molecule has 1 saturated heterocycles. The van der Waals surface area contributed by atoms with Gasteiger partial charge in [-0.25, -0.2) is 9.59 Å². The Balaban J connectivity index is 1.68. The molecule has 1 aliphatic carbocycles. The zero-order valence-electron chi connectivity index (χ0n) is 22.5. The Kier molecular flexibility index (Phi) is 11.8. The van der Waals surface area contributed by atoms with Crippen molar-refractivity contribution < 1.29 is 14.7 Å². The minimum Gasteiger partial charge on any atom is -0.385 e. The maximum Gasteiger partial charge on any atom is 0.317 e. The van der Waals surface area contributed by atoms with Crippen molar-refractivity contribution in [2.75, 3.05) is 40.3 Å². The molecule has 1 aromatic carbocycles. The molecule has 1 aromatic rings. The van der Waals surface area contributed by atoms with E-state index >= 15 is 0 Å². The Morgan fingerprint density at radius 3 is 2.65 bits per heavy atom. The molecule has 0 unspecified atom stereocenters. The van der Waals surface area contributed by atoms with Gasteiger partial charge in [-0.05, 0) is 62.8 Å². The summed E-state index contributed by atoms with van der Waals surface area (Å²) in [7, 11) is 3.51. The van der Waals surface area contributed by atoms with Crippen molar-refractivity contribution in [3.8, 4) is 0 Å². The van der Waals surface area contributed by atoms with Crippen LogP contribution in [0.1, 0.15) is 69.8 Å². The van der Waals surface area contributed by atoms with Crippen molar-refractivity contribution in [2.45, 2.75) is 75.9 Å². The molecule has 9 heteroatoms. The SMILES string of the molecule is CNC[C@H](CC1CCCCC1)NC(=O)N1CCC[C@@H]([C@@](O)(CCCNC(=O)NC)c2cccc(Cl)c2)C1. The first-order chi connectivity index (χ1) is 17.9. The van der Waals surface area contributed by atoms with Crippen LogP contribution in [0.15, 0.2) is 24.3 Å². The van der Waals surface area contributed by atoms with Crippen LogP contribution in [0.5, 0.6) is 0 Å². The van der Waals surface area contributed by atoms with Gasteiger partial charge >= 0.3 is 12.1 Å². The lowest BCUT2D eigenvalue weighted by molar-refractivity contribution is -0.0551. The molecule has 0 bridgehead atoms. The number of benzene rings is 1. The predicted molar refractivity (Wildman–Crippen MR) is 149 cm³/mol. The number of likely N-dealkylation sites (tertiary alicyclic amines) is 1. The number of nitrogens with one attached hydrogen (secondary N) is 4. The lowest BCUT2D eigenvalue weighted by Gasteiger charge is -2.43. The third kappa shape index (κ3) is 8.76. The molecular weight excluding hydrogens is 490 g/mol. The summed E-state index contributed by atoms with van der Waals surface area (Å²) < 4.78 is 0. The van der Waals surface area contributed by atoms with E-state index in [4.69, 9.17) is 11.6 Å². The fraction of sp³-hybridized carbons (Fsp3) is 0.714. The van der Waals surface area contributed by atoms with Crippen molar-refractivity contribution in [2.24, 2.45) is 11.8 Å². The summed E-state index contributed by atoms with van der Waals surface area (Å²) in [5.41, 5.74) is -0.390. The fourth-order valence-corrected chi connectivity index (χ4v) is 6.26. The zero-order valence-corrected chi connectivity index (χ0v) is 23.3. The van der Waals surface area contributed by atoms with Gasteiger partial charge in [-0.3, -0.25) is 0 Å². The lowest BCUT2D eigenvalue weighted by atomic mass is 9.74. The first kappa shape index (κ1) is 29.5. The minimum atomic E-state index is -1.15. The van der Waals surface area contributed by atoms with Gasteiger partial charge in [-0.2, -0.15) is 0 Å². The highest BCUT2D eigenvalue weighted by molar-refractivity contribution is 6.30. The molecule has 208 valence electrons. The van der Waals surface area contributed by atoms with Crippen molar-refractivity contribution in [3.05, 3.63) is 34.9 Å². The van der Waals surface area contributed by atoms with Gasteiger partial charge < -0.3 is 31.3 Å². The highest BCUT2D eigenvalue weighted by Gasteiger charge is 2.41. The van der Waals surface area contributed by atoms with E-state index in [0.29, 0.717) is 43.4 Å². The zero-order chi connectivity index (χ0) is 26.7. The summed E-state index contributed by atoms with van der Waals surface area (Å²) in [4.78, 5) is 26.8. The molecule has 4 amide bonds. The molecule has 0 aromatic heterocycles. The number of aliphatic hydroxyl groups is 1. The van der Waals surface area contributed by atoms with Crippen LogP contribution in [0.3, 0.4) is 0 Å². The lowest BCUT2D eigenvalue weighted by Crippen LogP contribution is -2.54. The van der Waals surface area contributed by atoms with Crippen molar-refractivity contribution >= 4 is 23.7 Å². The monoisotopic (exact) mass is 535 g/mol. The third-order valence-electron chi connectivity index (χ3n) is 8.08.